The average Bonchev–Trinajstić information content (AvgIpc) is 3.29. The molecule has 1 N–H and O–H groups in total. The zero-order valence-corrected chi connectivity index (χ0v) is 17.2. The topological polar surface area (TPSA) is 68.0 Å². The van der Waals surface area contributed by atoms with Gasteiger partial charge in [0.15, 0.2) is 5.13 Å². The van der Waals surface area contributed by atoms with Crippen molar-refractivity contribution in [1.29, 1.82) is 0 Å². The summed E-state index contributed by atoms with van der Waals surface area (Å²) in [6.07, 6.45) is -1.05. The molecule has 3 rings (SSSR count). The number of rotatable bonds is 7. The number of benzene rings is 1. The first-order valence-electron chi connectivity index (χ1n) is 8.70. The van der Waals surface area contributed by atoms with Gasteiger partial charge in [-0.2, -0.15) is 13.2 Å². The van der Waals surface area contributed by atoms with E-state index in [9.17, 15) is 18.0 Å². The molecule has 0 aliphatic rings. The molecule has 0 saturated heterocycles. The first-order valence-corrected chi connectivity index (χ1v) is 10.5. The van der Waals surface area contributed by atoms with Crippen LogP contribution in [0.2, 0.25) is 0 Å². The Hall–Kier alpha value is -2.33. The summed E-state index contributed by atoms with van der Waals surface area (Å²) in [5, 5.41) is 3.10. The molecule has 3 aromatic rings. The minimum Gasteiger partial charge on any atom is -0.445 e. The zero-order valence-electron chi connectivity index (χ0n) is 15.6. The lowest BCUT2D eigenvalue weighted by atomic mass is 10.1. The third-order valence-electron chi connectivity index (χ3n) is 3.86. The van der Waals surface area contributed by atoms with Crippen LogP contribution in [0, 0.1) is 0 Å². The number of alkyl halides is 3. The molecule has 2 aromatic heterocycles. The zero-order chi connectivity index (χ0) is 21.0. The van der Waals surface area contributed by atoms with Crippen LogP contribution >= 0.6 is 23.1 Å². The normalized spacial score (nSPS) is 11.8. The minimum absolute atomic E-state index is 0.0332. The number of halogens is 3. The highest BCUT2D eigenvalue weighted by Gasteiger charge is 2.30. The van der Waals surface area contributed by atoms with Gasteiger partial charge in [-0.05, 0) is 17.7 Å². The first-order chi connectivity index (χ1) is 13.7. The summed E-state index contributed by atoms with van der Waals surface area (Å²) in [5.74, 6) is 1.94. The predicted octanol–water partition coefficient (Wildman–Crippen LogP) is 5.75. The number of carbonyl (C=O) groups excluding carboxylic acids is 1. The fourth-order valence-electron chi connectivity index (χ4n) is 2.34. The lowest BCUT2D eigenvalue weighted by molar-refractivity contribution is -0.137. The summed E-state index contributed by atoms with van der Waals surface area (Å²) >= 11 is 2.81. The fraction of sp³-hybridized carbons (Fsp3) is 0.316. The fourth-order valence-corrected chi connectivity index (χ4v) is 4.08. The van der Waals surface area contributed by atoms with E-state index in [1.54, 1.807) is 12.4 Å². The Kier molecular flexibility index (Phi) is 6.63. The molecule has 0 saturated carbocycles. The number of nitrogens with zero attached hydrogens (tertiary/aromatic N) is 2. The molecule has 2 heterocycles. The second-order valence-electron chi connectivity index (χ2n) is 6.50. The summed E-state index contributed by atoms with van der Waals surface area (Å²) in [6.45, 7) is 4.06. The molecule has 0 spiro atoms. The molecule has 0 radical (unpaired) electrons. The molecule has 0 aliphatic carbocycles. The maximum Gasteiger partial charge on any atom is 0.416 e. The summed E-state index contributed by atoms with van der Waals surface area (Å²) < 4.78 is 44.3. The molecule has 154 valence electrons. The monoisotopic (exact) mass is 441 g/mol. The molecular weight excluding hydrogens is 423 g/mol. The van der Waals surface area contributed by atoms with E-state index in [0.29, 0.717) is 22.3 Å². The number of anilines is 1. The maximum absolute atomic E-state index is 12.6. The van der Waals surface area contributed by atoms with E-state index < -0.39 is 11.7 Å². The summed E-state index contributed by atoms with van der Waals surface area (Å²) in [4.78, 5) is 20.5. The van der Waals surface area contributed by atoms with Crippen LogP contribution in [-0.4, -0.2) is 15.9 Å². The highest BCUT2D eigenvalue weighted by Crippen LogP contribution is 2.31. The van der Waals surface area contributed by atoms with Gasteiger partial charge in [-0.1, -0.05) is 37.3 Å². The van der Waals surface area contributed by atoms with Crippen molar-refractivity contribution >= 4 is 34.1 Å². The van der Waals surface area contributed by atoms with Crippen LogP contribution in [0.3, 0.4) is 0 Å². The lowest BCUT2D eigenvalue weighted by Gasteiger charge is -2.07. The van der Waals surface area contributed by atoms with Gasteiger partial charge >= 0.3 is 6.18 Å². The summed E-state index contributed by atoms with van der Waals surface area (Å²) in [5.41, 5.74) is -0.249. The first kappa shape index (κ1) is 21.4. The number of aromatic nitrogens is 2. The van der Waals surface area contributed by atoms with E-state index in [2.05, 4.69) is 15.3 Å². The van der Waals surface area contributed by atoms with Gasteiger partial charge in [0.2, 0.25) is 11.8 Å². The van der Waals surface area contributed by atoms with Crippen molar-refractivity contribution in [1.82, 2.24) is 9.97 Å². The quantitative estimate of drug-likeness (QED) is 0.473. The molecule has 0 fully saturated rings. The van der Waals surface area contributed by atoms with Gasteiger partial charge in [-0.3, -0.25) is 4.79 Å². The van der Waals surface area contributed by atoms with Crippen LogP contribution in [0.5, 0.6) is 0 Å². The molecular formula is C19H18F3N3O2S2. The van der Waals surface area contributed by atoms with Crippen LogP contribution in [0.1, 0.15) is 42.5 Å². The van der Waals surface area contributed by atoms with Crippen molar-refractivity contribution in [3.63, 3.8) is 0 Å². The van der Waals surface area contributed by atoms with E-state index in [4.69, 9.17) is 4.42 Å². The van der Waals surface area contributed by atoms with Gasteiger partial charge in [0.05, 0.1) is 34.3 Å². The summed E-state index contributed by atoms with van der Waals surface area (Å²) in [7, 11) is 0. The highest BCUT2D eigenvalue weighted by molar-refractivity contribution is 8.00. The van der Waals surface area contributed by atoms with Crippen LogP contribution in [0.15, 0.2) is 45.3 Å². The SMILES string of the molecule is CC(C)c1cnc(CSc2cnc(NC(=O)Cc3ccc(C(F)(F)F)cc3)s2)o1. The van der Waals surface area contributed by atoms with Gasteiger partial charge in [0, 0.05) is 5.92 Å². The third-order valence-corrected chi connectivity index (χ3v) is 5.95. The summed E-state index contributed by atoms with van der Waals surface area (Å²) in [6, 6.07) is 4.53. The number of hydrogen-bond donors (Lipinski definition) is 1. The third kappa shape index (κ3) is 6.07. The Morgan fingerprint density at radius 2 is 1.93 bits per heavy atom. The van der Waals surface area contributed by atoms with E-state index in [0.717, 1.165) is 22.1 Å². The predicted molar refractivity (Wildman–Crippen MR) is 106 cm³/mol. The second kappa shape index (κ2) is 9.00. The number of hydrogen-bond acceptors (Lipinski definition) is 6. The number of thiazole rings is 1. The lowest BCUT2D eigenvalue weighted by Crippen LogP contribution is -2.14. The molecule has 0 bridgehead atoms. The van der Waals surface area contributed by atoms with Gasteiger partial charge in [0.25, 0.3) is 0 Å². The van der Waals surface area contributed by atoms with E-state index in [1.165, 1.54) is 35.2 Å². The Balaban J connectivity index is 1.50. The number of nitrogens with one attached hydrogen (secondary N) is 1. The van der Waals surface area contributed by atoms with Gasteiger partial charge in [-0.25, -0.2) is 9.97 Å². The Morgan fingerprint density at radius 1 is 1.21 bits per heavy atom. The maximum atomic E-state index is 12.6. The molecule has 0 aliphatic heterocycles. The van der Waals surface area contributed by atoms with E-state index in [1.807, 2.05) is 13.8 Å². The van der Waals surface area contributed by atoms with Gasteiger partial charge < -0.3 is 9.73 Å². The molecule has 1 aromatic carbocycles. The molecule has 10 heteroatoms. The smallest absolute Gasteiger partial charge is 0.416 e. The minimum atomic E-state index is -4.39. The standard InChI is InChI=1S/C19H18F3N3O2S2/c1-11(2)14-8-23-16(27-14)10-28-17-9-24-18(29-17)25-15(26)7-12-3-5-13(6-4-12)19(20,21)22/h3-6,8-9,11H,7,10H2,1-2H3,(H,24,25,26). The highest BCUT2D eigenvalue weighted by atomic mass is 32.2. The van der Waals surface area contributed by atoms with Crippen LogP contribution in [0.4, 0.5) is 18.3 Å². The molecule has 29 heavy (non-hydrogen) atoms. The van der Waals surface area contributed by atoms with Crippen molar-refractivity contribution in [2.75, 3.05) is 5.32 Å². The number of oxazole rings is 1. The molecule has 5 nitrogen and oxygen atoms in total. The van der Waals surface area contributed by atoms with Crippen molar-refractivity contribution < 1.29 is 22.4 Å². The molecule has 1 amide bonds. The van der Waals surface area contributed by atoms with Gasteiger partial charge in [0.1, 0.15) is 5.76 Å². The van der Waals surface area contributed by atoms with Crippen LogP contribution in [-0.2, 0) is 23.1 Å². The number of thioether (sulfide) groups is 1. The Bertz CT molecular complexity index is 966. The van der Waals surface area contributed by atoms with Crippen molar-refractivity contribution in [3.8, 4) is 0 Å². The molecule has 0 unspecified atom stereocenters. The van der Waals surface area contributed by atoms with Crippen LogP contribution < -0.4 is 5.32 Å². The Morgan fingerprint density at radius 3 is 2.55 bits per heavy atom. The van der Waals surface area contributed by atoms with Crippen molar-refractivity contribution in [2.45, 2.75) is 42.3 Å². The Labute approximate surface area is 173 Å². The number of carbonyl (C=O) groups is 1. The molecule has 0 atom stereocenters. The largest absolute Gasteiger partial charge is 0.445 e. The van der Waals surface area contributed by atoms with Crippen molar-refractivity contribution in [2.24, 2.45) is 0 Å². The van der Waals surface area contributed by atoms with Gasteiger partial charge in [-0.15, -0.1) is 11.8 Å². The van der Waals surface area contributed by atoms with Crippen LogP contribution in [0.25, 0.3) is 0 Å². The number of amides is 1. The van der Waals surface area contributed by atoms with E-state index in [-0.39, 0.29) is 18.2 Å². The average molecular weight is 442 g/mol. The van der Waals surface area contributed by atoms with E-state index >= 15 is 0 Å². The second-order valence-corrected chi connectivity index (χ2v) is 8.81. The van der Waals surface area contributed by atoms with Crippen molar-refractivity contribution in [3.05, 3.63) is 59.4 Å².